The van der Waals surface area contributed by atoms with Crippen LogP contribution in [-0.4, -0.2) is 35.7 Å². The highest BCUT2D eigenvalue weighted by Gasteiger charge is 2.22. The zero-order valence-electron chi connectivity index (χ0n) is 14.9. The summed E-state index contributed by atoms with van der Waals surface area (Å²) in [6, 6.07) is 9.46. The lowest BCUT2D eigenvalue weighted by Gasteiger charge is -2.25. The van der Waals surface area contributed by atoms with Gasteiger partial charge in [-0.3, -0.25) is 4.79 Å². The van der Waals surface area contributed by atoms with Crippen molar-refractivity contribution in [3.63, 3.8) is 0 Å². The second kappa shape index (κ2) is 8.70. The largest absolute Gasteiger partial charge is 0.493 e. The van der Waals surface area contributed by atoms with Gasteiger partial charge in [0.2, 0.25) is 0 Å². The Bertz CT molecular complexity index is 690. The molecule has 0 bridgehead atoms. The fourth-order valence-corrected chi connectivity index (χ4v) is 3.09. The minimum absolute atomic E-state index is 0.0453. The number of benzene rings is 1. The van der Waals surface area contributed by atoms with E-state index in [-0.39, 0.29) is 5.91 Å². The molecular weight excluding hydrogens is 316 g/mol. The van der Waals surface area contributed by atoms with Gasteiger partial charge in [0.15, 0.2) is 11.5 Å². The Morgan fingerprint density at radius 2 is 2.00 bits per heavy atom. The average Bonchev–Trinajstić information content (AvgIpc) is 3.15. The van der Waals surface area contributed by atoms with Crippen LogP contribution in [0.25, 0.3) is 11.3 Å². The molecule has 1 fully saturated rings. The molecule has 3 rings (SSSR count). The molecule has 0 radical (unpaired) electrons. The number of hydrogen-bond donors (Lipinski definition) is 0. The predicted octanol–water partition coefficient (Wildman–Crippen LogP) is 4.54. The van der Waals surface area contributed by atoms with Crippen molar-refractivity contribution >= 4 is 5.91 Å². The topological polar surface area (TPSA) is 55.6 Å². The molecule has 0 spiro atoms. The Hall–Kier alpha value is -2.30. The molecule has 1 amide bonds. The SMILES string of the molecule is CCCCCOc1ccccc1-c1cc(C(=O)N2CCCCC2)no1. The summed E-state index contributed by atoms with van der Waals surface area (Å²) in [5.41, 5.74) is 1.21. The maximum atomic E-state index is 12.5. The van der Waals surface area contributed by atoms with Gasteiger partial charge >= 0.3 is 0 Å². The summed E-state index contributed by atoms with van der Waals surface area (Å²) in [7, 11) is 0. The summed E-state index contributed by atoms with van der Waals surface area (Å²) in [5, 5.41) is 4.00. The maximum Gasteiger partial charge on any atom is 0.276 e. The van der Waals surface area contributed by atoms with E-state index in [4.69, 9.17) is 9.26 Å². The summed E-state index contributed by atoms with van der Waals surface area (Å²) in [4.78, 5) is 14.4. The third kappa shape index (κ3) is 4.41. The van der Waals surface area contributed by atoms with Crippen LogP contribution < -0.4 is 4.74 Å². The van der Waals surface area contributed by atoms with E-state index in [0.29, 0.717) is 18.1 Å². The summed E-state index contributed by atoms with van der Waals surface area (Å²) in [6.45, 7) is 4.46. The van der Waals surface area contributed by atoms with Gasteiger partial charge in [0.1, 0.15) is 5.75 Å². The van der Waals surface area contributed by atoms with Gasteiger partial charge < -0.3 is 14.2 Å². The number of amides is 1. The maximum absolute atomic E-state index is 12.5. The van der Waals surface area contributed by atoms with E-state index >= 15 is 0 Å². The molecule has 5 heteroatoms. The second-order valence-electron chi connectivity index (χ2n) is 6.48. The highest BCUT2D eigenvalue weighted by atomic mass is 16.5. The molecular formula is C20H26N2O3. The first-order valence-corrected chi connectivity index (χ1v) is 9.28. The summed E-state index contributed by atoms with van der Waals surface area (Å²) >= 11 is 0. The van der Waals surface area contributed by atoms with E-state index in [1.54, 1.807) is 6.07 Å². The molecule has 25 heavy (non-hydrogen) atoms. The van der Waals surface area contributed by atoms with Crippen LogP contribution in [0, 0.1) is 0 Å². The number of ether oxygens (including phenoxy) is 1. The molecule has 0 saturated carbocycles. The molecule has 1 saturated heterocycles. The Morgan fingerprint density at radius 3 is 2.80 bits per heavy atom. The standard InChI is InChI=1S/C20H26N2O3/c1-2-3-9-14-24-18-11-6-5-10-16(18)19-15-17(21-25-19)20(23)22-12-7-4-8-13-22/h5-6,10-11,15H,2-4,7-9,12-14H2,1H3. The lowest BCUT2D eigenvalue weighted by atomic mass is 10.1. The van der Waals surface area contributed by atoms with Crippen molar-refractivity contribution in [1.29, 1.82) is 0 Å². The Morgan fingerprint density at radius 1 is 1.20 bits per heavy atom. The zero-order valence-corrected chi connectivity index (χ0v) is 14.9. The number of hydrogen-bond acceptors (Lipinski definition) is 4. The van der Waals surface area contributed by atoms with Crippen molar-refractivity contribution in [2.24, 2.45) is 0 Å². The smallest absolute Gasteiger partial charge is 0.276 e. The Balaban J connectivity index is 1.72. The molecule has 0 aliphatic carbocycles. The minimum Gasteiger partial charge on any atom is -0.493 e. The first kappa shape index (κ1) is 17.5. The monoisotopic (exact) mass is 342 g/mol. The highest BCUT2D eigenvalue weighted by Crippen LogP contribution is 2.31. The molecule has 2 heterocycles. The van der Waals surface area contributed by atoms with Crippen LogP contribution in [0.4, 0.5) is 0 Å². The fraction of sp³-hybridized carbons (Fsp3) is 0.500. The van der Waals surface area contributed by atoms with Crippen LogP contribution >= 0.6 is 0 Å². The van der Waals surface area contributed by atoms with Crippen LogP contribution in [-0.2, 0) is 0 Å². The molecule has 1 aromatic carbocycles. The second-order valence-corrected chi connectivity index (χ2v) is 6.48. The lowest BCUT2D eigenvalue weighted by molar-refractivity contribution is 0.0714. The van der Waals surface area contributed by atoms with Gasteiger partial charge in [0.05, 0.1) is 12.2 Å². The Labute approximate surface area is 148 Å². The molecule has 0 atom stereocenters. The molecule has 5 nitrogen and oxygen atoms in total. The van der Waals surface area contributed by atoms with Gasteiger partial charge in [-0.1, -0.05) is 37.1 Å². The molecule has 1 aromatic heterocycles. The number of carbonyl (C=O) groups excluding carboxylic acids is 1. The summed E-state index contributed by atoms with van der Waals surface area (Å²) < 4.78 is 11.3. The normalized spacial score (nSPS) is 14.5. The Kier molecular flexibility index (Phi) is 6.09. The van der Waals surface area contributed by atoms with Crippen LogP contribution in [0.5, 0.6) is 5.75 Å². The van der Waals surface area contributed by atoms with Crippen molar-refractivity contribution in [2.45, 2.75) is 45.4 Å². The van der Waals surface area contributed by atoms with Crippen molar-refractivity contribution in [3.05, 3.63) is 36.0 Å². The minimum atomic E-state index is -0.0453. The van der Waals surface area contributed by atoms with Gasteiger partial charge in [-0.25, -0.2) is 0 Å². The van der Waals surface area contributed by atoms with Crippen molar-refractivity contribution < 1.29 is 14.1 Å². The van der Waals surface area contributed by atoms with Gasteiger partial charge in [0.25, 0.3) is 5.91 Å². The van der Waals surface area contributed by atoms with Crippen LogP contribution in [0.1, 0.15) is 55.9 Å². The average molecular weight is 342 g/mol. The molecule has 1 aliphatic rings. The van der Waals surface area contributed by atoms with Crippen molar-refractivity contribution in [2.75, 3.05) is 19.7 Å². The van der Waals surface area contributed by atoms with Crippen LogP contribution in [0.3, 0.4) is 0 Å². The number of carbonyl (C=O) groups is 1. The molecule has 1 aliphatic heterocycles. The van der Waals surface area contributed by atoms with Gasteiger partial charge in [0, 0.05) is 19.2 Å². The van der Waals surface area contributed by atoms with Crippen molar-refractivity contribution in [1.82, 2.24) is 10.1 Å². The number of nitrogens with zero attached hydrogens (tertiary/aromatic N) is 2. The number of para-hydroxylation sites is 1. The first-order valence-electron chi connectivity index (χ1n) is 9.28. The molecule has 0 N–H and O–H groups in total. The summed E-state index contributed by atoms with van der Waals surface area (Å²) in [6.07, 6.45) is 6.65. The number of piperidine rings is 1. The van der Waals surface area contributed by atoms with Gasteiger partial charge in [-0.15, -0.1) is 0 Å². The van der Waals surface area contributed by atoms with E-state index in [0.717, 1.165) is 56.5 Å². The van der Waals surface area contributed by atoms with E-state index in [1.807, 2.05) is 29.2 Å². The summed E-state index contributed by atoms with van der Waals surface area (Å²) in [5.74, 6) is 1.30. The van der Waals surface area contributed by atoms with Gasteiger partial charge in [-0.2, -0.15) is 0 Å². The lowest BCUT2D eigenvalue weighted by Crippen LogP contribution is -2.35. The number of aromatic nitrogens is 1. The zero-order chi connectivity index (χ0) is 17.5. The third-order valence-electron chi connectivity index (χ3n) is 4.53. The van der Waals surface area contributed by atoms with E-state index < -0.39 is 0 Å². The fourth-order valence-electron chi connectivity index (χ4n) is 3.09. The first-order chi connectivity index (χ1) is 12.3. The number of likely N-dealkylation sites (tertiary alicyclic amines) is 1. The van der Waals surface area contributed by atoms with E-state index in [2.05, 4.69) is 12.1 Å². The van der Waals surface area contributed by atoms with Crippen LogP contribution in [0.15, 0.2) is 34.9 Å². The highest BCUT2D eigenvalue weighted by molar-refractivity contribution is 5.93. The number of rotatable bonds is 7. The predicted molar refractivity (Wildman–Crippen MR) is 96.7 cm³/mol. The third-order valence-corrected chi connectivity index (χ3v) is 4.53. The quantitative estimate of drug-likeness (QED) is 0.693. The van der Waals surface area contributed by atoms with Crippen LogP contribution in [0.2, 0.25) is 0 Å². The van der Waals surface area contributed by atoms with Gasteiger partial charge in [-0.05, 0) is 37.8 Å². The van der Waals surface area contributed by atoms with E-state index in [1.165, 1.54) is 6.42 Å². The number of unbranched alkanes of at least 4 members (excludes halogenated alkanes) is 2. The van der Waals surface area contributed by atoms with E-state index in [9.17, 15) is 4.79 Å². The molecule has 134 valence electrons. The van der Waals surface area contributed by atoms with Crippen molar-refractivity contribution in [3.8, 4) is 17.1 Å². The molecule has 2 aromatic rings. The molecule has 0 unspecified atom stereocenters.